The Labute approximate surface area is 180 Å². The first kappa shape index (κ1) is 23.1. The Bertz CT molecular complexity index is 993. The van der Waals surface area contributed by atoms with Crippen molar-refractivity contribution in [1.29, 1.82) is 0 Å². The highest BCUT2D eigenvalue weighted by atomic mass is 35.5. The van der Waals surface area contributed by atoms with Crippen molar-refractivity contribution >= 4 is 45.0 Å². The van der Waals surface area contributed by atoms with Gasteiger partial charge in [-0.2, -0.15) is 0 Å². The van der Waals surface area contributed by atoms with Gasteiger partial charge in [0.15, 0.2) is 23.3 Å². The lowest BCUT2D eigenvalue weighted by Crippen LogP contribution is -2.39. The van der Waals surface area contributed by atoms with Crippen LogP contribution in [0.5, 0.6) is 5.75 Å². The van der Waals surface area contributed by atoms with E-state index in [1.54, 1.807) is 17.0 Å². The van der Waals surface area contributed by atoms with Gasteiger partial charge in [-0.3, -0.25) is 9.69 Å². The Morgan fingerprint density at radius 1 is 1.17 bits per heavy atom. The van der Waals surface area contributed by atoms with Crippen LogP contribution in [-0.2, 0) is 4.79 Å². The lowest BCUT2D eigenvalue weighted by Gasteiger charge is -2.22. The van der Waals surface area contributed by atoms with Gasteiger partial charge in [-0.05, 0) is 57.3 Å². The topological polar surface area (TPSA) is 45.7 Å². The van der Waals surface area contributed by atoms with Crippen molar-refractivity contribution in [2.24, 2.45) is 0 Å². The van der Waals surface area contributed by atoms with E-state index in [9.17, 15) is 9.18 Å². The molecule has 5 nitrogen and oxygen atoms in total. The molecule has 0 aliphatic rings. The number of thiazole rings is 1. The summed E-state index contributed by atoms with van der Waals surface area (Å²) in [5.74, 6) is -0.668. The number of carbonyl (C=O) groups excluding carboxylic acids is 1. The summed E-state index contributed by atoms with van der Waals surface area (Å²) in [6, 6.07) is 10.2. The summed E-state index contributed by atoms with van der Waals surface area (Å²) >= 11 is 1.48. The highest BCUT2D eigenvalue weighted by Crippen LogP contribution is 2.31. The third-order valence-corrected chi connectivity index (χ3v) is 5.33. The van der Waals surface area contributed by atoms with Crippen LogP contribution in [0.2, 0.25) is 0 Å². The molecule has 156 valence electrons. The molecule has 0 atom stereocenters. The Hall–Kier alpha value is -2.22. The molecule has 0 aliphatic carbocycles. The molecular formula is C21H25ClFN3O2S. The lowest BCUT2D eigenvalue weighted by molar-refractivity contribution is -0.120. The second kappa shape index (κ2) is 10.0. The second-order valence-electron chi connectivity index (χ2n) is 6.99. The molecule has 0 bridgehead atoms. The van der Waals surface area contributed by atoms with Crippen molar-refractivity contribution in [3.8, 4) is 5.75 Å². The number of carbonyl (C=O) groups is 1. The molecule has 0 saturated heterocycles. The molecule has 0 unspecified atom stereocenters. The number of fused-ring (bicyclic) bond motifs is 1. The maximum absolute atomic E-state index is 13.8. The minimum absolute atomic E-state index is 0. The molecule has 3 aromatic rings. The Morgan fingerprint density at radius 2 is 1.90 bits per heavy atom. The first-order chi connectivity index (χ1) is 13.3. The van der Waals surface area contributed by atoms with Crippen molar-refractivity contribution in [2.75, 3.05) is 38.7 Å². The zero-order valence-electron chi connectivity index (χ0n) is 16.9. The SMILES string of the molecule is Cc1cc(C)c2nc(N(CCN(C)C)C(=O)COc3ccccc3F)sc2c1.Cl. The summed E-state index contributed by atoms with van der Waals surface area (Å²) in [6.45, 7) is 4.97. The van der Waals surface area contributed by atoms with Crippen LogP contribution in [0.4, 0.5) is 9.52 Å². The van der Waals surface area contributed by atoms with Crippen LogP contribution in [0, 0.1) is 19.7 Å². The third kappa shape index (κ3) is 5.65. The largest absolute Gasteiger partial charge is 0.481 e. The van der Waals surface area contributed by atoms with E-state index in [0.717, 1.165) is 21.3 Å². The highest BCUT2D eigenvalue weighted by Gasteiger charge is 2.21. The maximum Gasteiger partial charge on any atom is 0.266 e. The van der Waals surface area contributed by atoms with Gasteiger partial charge < -0.3 is 9.64 Å². The van der Waals surface area contributed by atoms with Crippen molar-refractivity contribution < 1.29 is 13.9 Å². The number of halogens is 2. The highest BCUT2D eigenvalue weighted by molar-refractivity contribution is 7.22. The molecule has 0 saturated carbocycles. The first-order valence-corrected chi connectivity index (χ1v) is 9.87. The molecule has 29 heavy (non-hydrogen) atoms. The third-order valence-electron chi connectivity index (χ3n) is 4.31. The molecular weight excluding hydrogens is 413 g/mol. The Kier molecular flexibility index (Phi) is 7.96. The minimum atomic E-state index is -0.485. The zero-order chi connectivity index (χ0) is 20.3. The van der Waals surface area contributed by atoms with Gasteiger partial charge in [0.25, 0.3) is 5.91 Å². The quantitative estimate of drug-likeness (QED) is 0.548. The van der Waals surface area contributed by atoms with Gasteiger partial charge >= 0.3 is 0 Å². The fourth-order valence-corrected chi connectivity index (χ4v) is 4.07. The lowest BCUT2D eigenvalue weighted by atomic mass is 10.1. The van der Waals surface area contributed by atoms with Gasteiger partial charge in [0, 0.05) is 13.1 Å². The normalized spacial score (nSPS) is 10.8. The average Bonchev–Trinajstić information content (AvgIpc) is 3.05. The number of amides is 1. The van der Waals surface area contributed by atoms with Crippen LogP contribution in [0.1, 0.15) is 11.1 Å². The summed E-state index contributed by atoms with van der Waals surface area (Å²) in [6.07, 6.45) is 0. The van der Waals surface area contributed by atoms with E-state index in [1.165, 1.54) is 23.5 Å². The number of nitrogens with zero attached hydrogens (tertiary/aromatic N) is 3. The van der Waals surface area contributed by atoms with Gasteiger partial charge in [-0.25, -0.2) is 9.37 Å². The van der Waals surface area contributed by atoms with E-state index in [2.05, 4.69) is 12.1 Å². The first-order valence-electron chi connectivity index (χ1n) is 9.05. The van der Waals surface area contributed by atoms with E-state index in [0.29, 0.717) is 18.2 Å². The van der Waals surface area contributed by atoms with E-state index in [-0.39, 0.29) is 30.7 Å². The van der Waals surface area contributed by atoms with Gasteiger partial charge in [-0.1, -0.05) is 29.5 Å². The second-order valence-corrected chi connectivity index (χ2v) is 8.00. The van der Waals surface area contributed by atoms with Crippen LogP contribution < -0.4 is 9.64 Å². The smallest absolute Gasteiger partial charge is 0.266 e. The number of hydrogen-bond donors (Lipinski definition) is 0. The molecule has 0 N–H and O–H groups in total. The number of rotatable bonds is 7. The minimum Gasteiger partial charge on any atom is -0.481 e. The summed E-state index contributed by atoms with van der Waals surface area (Å²) in [5.41, 5.74) is 3.15. The van der Waals surface area contributed by atoms with Gasteiger partial charge in [0.05, 0.1) is 10.2 Å². The number of likely N-dealkylation sites (N-methyl/N-ethyl adjacent to an activating group) is 1. The standard InChI is InChI=1S/C21H24FN3O2S.ClH/c1-14-11-15(2)20-18(12-14)28-21(23-20)25(10-9-24(3)4)19(26)13-27-17-8-6-5-7-16(17)22;/h5-8,11-12H,9-10,13H2,1-4H3;1H. The fourth-order valence-electron chi connectivity index (χ4n) is 2.88. The van der Waals surface area contributed by atoms with E-state index >= 15 is 0 Å². The molecule has 0 radical (unpaired) electrons. The zero-order valence-corrected chi connectivity index (χ0v) is 18.6. The van der Waals surface area contributed by atoms with Crippen LogP contribution in [0.15, 0.2) is 36.4 Å². The number of aryl methyl sites for hydroxylation is 2. The number of para-hydroxylation sites is 1. The van der Waals surface area contributed by atoms with E-state index < -0.39 is 5.82 Å². The molecule has 1 aromatic heterocycles. The van der Waals surface area contributed by atoms with Crippen LogP contribution in [-0.4, -0.2) is 49.6 Å². The monoisotopic (exact) mass is 437 g/mol. The van der Waals surface area contributed by atoms with Crippen molar-refractivity contribution in [3.63, 3.8) is 0 Å². The molecule has 1 heterocycles. The van der Waals surface area contributed by atoms with E-state index in [4.69, 9.17) is 9.72 Å². The molecule has 0 aliphatic heterocycles. The number of hydrogen-bond acceptors (Lipinski definition) is 5. The summed E-state index contributed by atoms with van der Waals surface area (Å²) in [7, 11) is 3.90. The average molecular weight is 438 g/mol. The van der Waals surface area contributed by atoms with Crippen molar-refractivity contribution in [2.45, 2.75) is 13.8 Å². The Balaban J connectivity index is 0.00000300. The summed E-state index contributed by atoms with van der Waals surface area (Å²) in [4.78, 5) is 21.2. The number of benzene rings is 2. The Morgan fingerprint density at radius 3 is 2.59 bits per heavy atom. The molecule has 0 fully saturated rings. The van der Waals surface area contributed by atoms with Crippen LogP contribution >= 0.6 is 23.7 Å². The molecule has 2 aromatic carbocycles. The van der Waals surface area contributed by atoms with Gasteiger partial charge in [0.1, 0.15) is 0 Å². The number of aromatic nitrogens is 1. The number of ether oxygens (including phenoxy) is 1. The maximum atomic E-state index is 13.8. The molecule has 1 amide bonds. The molecule has 3 rings (SSSR count). The van der Waals surface area contributed by atoms with E-state index in [1.807, 2.05) is 32.8 Å². The molecule has 0 spiro atoms. The predicted molar refractivity (Wildman–Crippen MR) is 119 cm³/mol. The van der Waals surface area contributed by atoms with Crippen molar-refractivity contribution in [1.82, 2.24) is 9.88 Å². The summed E-state index contributed by atoms with van der Waals surface area (Å²) in [5, 5.41) is 0.632. The van der Waals surface area contributed by atoms with Gasteiger partial charge in [-0.15, -0.1) is 12.4 Å². The van der Waals surface area contributed by atoms with Crippen molar-refractivity contribution in [3.05, 3.63) is 53.3 Å². The summed E-state index contributed by atoms with van der Waals surface area (Å²) < 4.78 is 20.2. The fraction of sp³-hybridized carbons (Fsp3) is 0.333. The van der Waals surface area contributed by atoms with Crippen LogP contribution in [0.3, 0.4) is 0 Å². The molecule has 8 heteroatoms. The van der Waals surface area contributed by atoms with Crippen LogP contribution in [0.25, 0.3) is 10.2 Å². The van der Waals surface area contributed by atoms with Gasteiger partial charge in [0.2, 0.25) is 0 Å². The predicted octanol–water partition coefficient (Wildman–Crippen LogP) is 4.45. The number of anilines is 1.